The van der Waals surface area contributed by atoms with Gasteiger partial charge in [0, 0.05) is 23.9 Å². The lowest BCUT2D eigenvalue weighted by Gasteiger charge is -2.49. The topological polar surface area (TPSA) is 124 Å². The highest BCUT2D eigenvalue weighted by Crippen LogP contribution is 2.42. The third-order valence-electron chi connectivity index (χ3n) is 3.75. The van der Waals surface area contributed by atoms with Crippen LogP contribution in [0.3, 0.4) is 0 Å². The van der Waals surface area contributed by atoms with Crippen LogP contribution in [0, 0.1) is 0 Å². The first-order valence-electron chi connectivity index (χ1n) is 7.20. The zero-order chi connectivity index (χ0) is 17.4. The highest BCUT2D eigenvalue weighted by atomic mass is 32.2. The van der Waals surface area contributed by atoms with E-state index in [-0.39, 0.29) is 17.0 Å². The number of aromatic amines is 1. The molecule has 2 aromatic heterocycles. The average molecular weight is 396 g/mol. The second kappa shape index (κ2) is 6.69. The molecule has 4 heterocycles. The summed E-state index contributed by atoms with van der Waals surface area (Å²) in [5.74, 6) is 0.180. The molecule has 0 aromatic carbocycles. The van der Waals surface area contributed by atoms with E-state index in [1.807, 2.05) is 0 Å². The number of hydrogen-bond acceptors (Lipinski definition) is 9. The summed E-state index contributed by atoms with van der Waals surface area (Å²) < 4.78 is 0.775. The highest BCUT2D eigenvalue weighted by Gasteiger charge is 2.53. The molecule has 2 aliphatic heterocycles. The van der Waals surface area contributed by atoms with Gasteiger partial charge in [-0.15, -0.1) is 22.0 Å². The molecule has 12 heteroatoms. The van der Waals surface area contributed by atoms with E-state index in [4.69, 9.17) is 0 Å². The molecule has 0 saturated carbocycles. The summed E-state index contributed by atoms with van der Waals surface area (Å²) in [6.45, 7) is 0. The number of fused-ring (bicyclic) bond motifs is 1. The number of nitrogens with zero attached hydrogens (tertiary/aromatic N) is 4. The number of carbonyl (C=O) groups is 2. The Morgan fingerprint density at radius 3 is 3.12 bits per heavy atom. The number of rotatable bonds is 6. The number of hydrogen-bond donors (Lipinski definition) is 3. The number of imidazole rings is 1. The van der Waals surface area contributed by atoms with Crippen LogP contribution in [0.15, 0.2) is 33.5 Å². The van der Waals surface area contributed by atoms with E-state index in [0.29, 0.717) is 17.5 Å². The van der Waals surface area contributed by atoms with Crippen LogP contribution >= 0.6 is 34.9 Å². The minimum absolute atomic E-state index is 0.0864. The zero-order valence-electron chi connectivity index (χ0n) is 12.6. The number of aromatic nitrogens is 4. The number of thioether (sulfide) groups is 2. The normalized spacial score (nSPS) is 22.6. The zero-order valence-corrected chi connectivity index (χ0v) is 15.0. The number of β-lactam (4-membered cyclic amide) rings is 1. The Morgan fingerprint density at radius 1 is 1.56 bits per heavy atom. The maximum atomic E-state index is 12.5. The van der Waals surface area contributed by atoms with Crippen molar-refractivity contribution in [3.8, 4) is 0 Å². The number of carboxylic acids is 1. The fourth-order valence-electron chi connectivity index (χ4n) is 2.66. The Kier molecular flexibility index (Phi) is 4.39. The molecule has 1 fully saturated rings. The lowest BCUT2D eigenvalue weighted by Crippen LogP contribution is -2.67. The number of H-pyrrole nitrogens is 1. The second-order valence-electron chi connectivity index (χ2n) is 5.22. The summed E-state index contributed by atoms with van der Waals surface area (Å²) >= 11 is 4.38. The molecule has 0 spiro atoms. The molecule has 130 valence electrons. The van der Waals surface area contributed by atoms with Crippen molar-refractivity contribution >= 4 is 52.7 Å². The second-order valence-corrected chi connectivity index (χ2v) is 8.38. The number of nitrogens with one attached hydrogen (secondary N) is 2. The summed E-state index contributed by atoms with van der Waals surface area (Å²) in [4.78, 5) is 32.6. The molecular weight excluding hydrogens is 384 g/mol. The van der Waals surface area contributed by atoms with E-state index in [0.717, 1.165) is 9.91 Å². The van der Waals surface area contributed by atoms with Crippen molar-refractivity contribution in [2.45, 2.75) is 15.8 Å². The van der Waals surface area contributed by atoms with Crippen LogP contribution in [0.2, 0.25) is 0 Å². The molecule has 0 bridgehead atoms. The standard InChI is InChI=1S/C13H12N6O3S3/c20-9-7(17-12-14-1-2-15-12)10-19(9)8(11(21)22)6(3-23-10)4-24-13-18-16-5-25-13/h1-2,5,7,10H,3-4H2,(H,21,22)(H2,14,15,17)/t7?,10-/m0/s1. The van der Waals surface area contributed by atoms with Gasteiger partial charge in [-0.3, -0.25) is 9.69 Å². The first-order valence-corrected chi connectivity index (χ1v) is 10.1. The van der Waals surface area contributed by atoms with E-state index >= 15 is 0 Å². The van der Waals surface area contributed by atoms with Crippen LogP contribution < -0.4 is 5.32 Å². The average Bonchev–Trinajstić information content (AvgIpc) is 3.30. The van der Waals surface area contributed by atoms with E-state index in [1.54, 1.807) is 29.7 Å². The third kappa shape index (κ3) is 3.00. The Balaban J connectivity index is 1.52. The largest absolute Gasteiger partial charge is 0.477 e. The molecule has 2 aliphatic rings. The van der Waals surface area contributed by atoms with Gasteiger partial charge < -0.3 is 15.4 Å². The predicted molar refractivity (Wildman–Crippen MR) is 94.4 cm³/mol. The van der Waals surface area contributed by atoms with Crippen molar-refractivity contribution in [3.63, 3.8) is 0 Å². The number of aliphatic carboxylic acids is 1. The first kappa shape index (κ1) is 16.4. The van der Waals surface area contributed by atoms with Crippen LogP contribution in [0.4, 0.5) is 5.95 Å². The molecule has 1 unspecified atom stereocenters. The van der Waals surface area contributed by atoms with Gasteiger partial charge in [-0.25, -0.2) is 9.78 Å². The van der Waals surface area contributed by atoms with E-state index < -0.39 is 12.0 Å². The van der Waals surface area contributed by atoms with Crippen LogP contribution in [-0.4, -0.2) is 65.0 Å². The highest BCUT2D eigenvalue weighted by molar-refractivity contribution is 8.01. The molecule has 9 nitrogen and oxygen atoms in total. The van der Waals surface area contributed by atoms with E-state index in [2.05, 4.69) is 25.5 Å². The minimum atomic E-state index is -1.08. The molecule has 2 aromatic rings. The first-order chi connectivity index (χ1) is 12.1. The smallest absolute Gasteiger partial charge is 0.352 e. The van der Waals surface area contributed by atoms with Gasteiger partial charge in [0.05, 0.1) is 0 Å². The molecule has 4 rings (SSSR count). The Morgan fingerprint density at radius 2 is 2.44 bits per heavy atom. The van der Waals surface area contributed by atoms with Gasteiger partial charge in [0.15, 0.2) is 4.34 Å². The Bertz CT molecular complexity index is 822. The van der Waals surface area contributed by atoms with Crippen LogP contribution in [0.5, 0.6) is 0 Å². The van der Waals surface area contributed by atoms with Crippen molar-refractivity contribution in [2.24, 2.45) is 0 Å². The molecule has 25 heavy (non-hydrogen) atoms. The summed E-state index contributed by atoms with van der Waals surface area (Å²) in [5.41, 5.74) is 2.44. The summed E-state index contributed by atoms with van der Waals surface area (Å²) in [6, 6.07) is -0.483. The van der Waals surface area contributed by atoms with Gasteiger partial charge in [-0.1, -0.05) is 23.1 Å². The van der Waals surface area contributed by atoms with Crippen molar-refractivity contribution in [3.05, 3.63) is 29.2 Å². The van der Waals surface area contributed by atoms with Crippen molar-refractivity contribution in [1.29, 1.82) is 0 Å². The fraction of sp³-hybridized carbons (Fsp3) is 0.308. The monoisotopic (exact) mass is 396 g/mol. The van der Waals surface area contributed by atoms with Gasteiger partial charge in [-0.2, -0.15) is 0 Å². The molecule has 0 aliphatic carbocycles. The summed E-state index contributed by atoms with van der Waals surface area (Å²) in [5, 5.41) is 20.1. The van der Waals surface area contributed by atoms with Crippen molar-refractivity contribution in [1.82, 2.24) is 25.1 Å². The predicted octanol–water partition coefficient (Wildman–Crippen LogP) is 1.09. The fourth-order valence-corrected chi connectivity index (χ4v) is 5.63. The molecule has 2 atom stereocenters. The lowest BCUT2D eigenvalue weighted by atomic mass is 10.0. The number of carboxylic acid groups (broad SMARTS) is 1. The Hall–Kier alpha value is -2.05. The third-order valence-corrected chi connectivity index (χ3v) is 7.04. The molecule has 1 saturated heterocycles. The summed E-state index contributed by atoms with van der Waals surface area (Å²) in [7, 11) is 0. The summed E-state index contributed by atoms with van der Waals surface area (Å²) in [6.07, 6.45) is 3.24. The molecule has 3 N–H and O–H groups in total. The van der Waals surface area contributed by atoms with Gasteiger partial charge in [0.1, 0.15) is 22.6 Å². The van der Waals surface area contributed by atoms with E-state index in [9.17, 15) is 14.7 Å². The van der Waals surface area contributed by atoms with Crippen molar-refractivity contribution < 1.29 is 14.7 Å². The molecule has 0 radical (unpaired) electrons. The van der Waals surface area contributed by atoms with Gasteiger partial charge >= 0.3 is 5.97 Å². The SMILES string of the molecule is O=C(O)C1=C(CSc2nncs2)CS[C@H]2C(Nc3ncc[nH]3)C(=O)N12. The number of carbonyl (C=O) groups excluding carboxylic acids is 1. The maximum absolute atomic E-state index is 12.5. The van der Waals surface area contributed by atoms with E-state index in [1.165, 1.54) is 28.0 Å². The van der Waals surface area contributed by atoms with Crippen LogP contribution in [-0.2, 0) is 9.59 Å². The van der Waals surface area contributed by atoms with Gasteiger partial charge in [0.25, 0.3) is 5.91 Å². The lowest BCUT2D eigenvalue weighted by molar-refractivity contribution is -0.147. The van der Waals surface area contributed by atoms with Gasteiger partial charge in [0.2, 0.25) is 5.95 Å². The minimum Gasteiger partial charge on any atom is -0.477 e. The van der Waals surface area contributed by atoms with Gasteiger partial charge in [-0.05, 0) is 5.57 Å². The molecular formula is C13H12N6O3S3. The Labute approximate surface area is 154 Å². The molecule has 1 amide bonds. The maximum Gasteiger partial charge on any atom is 0.352 e. The van der Waals surface area contributed by atoms with Crippen LogP contribution in [0.1, 0.15) is 0 Å². The quantitative estimate of drug-likeness (QED) is 0.486. The van der Waals surface area contributed by atoms with Crippen LogP contribution in [0.25, 0.3) is 0 Å². The number of amides is 1. The van der Waals surface area contributed by atoms with Crippen molar-refractivity contribution in [2.75, 3.05) is 16.8 Å². The number of anilines is 1.